The summed E-state index contributed by atoms with van der Waals surface area (Å²) in [5.74, 6) is -0.393. The van der Waals surface area contributed by atoms with E-state index in [9.17, 15) is 14.4 Å². The molecule has 0 aliphatic rings. The van der Waals surface area contributed by atoms with Crippen LogP contribution in [-0.4, -0.2) is 45.4 Å². The molecule has 1 unspecified atom stereocenters. The van der Waals surface area contributed by atoms with Crippen molar-refractivity contribution >= 4 is 46.8 Å². The first-order valence-corrected chi connectivity index (χ1v) is 12.1. The lowest BCUT2D eigenvalue weighted by Crippen LogP contribution is -2.33. The summed E-state index contributed by atoms with van der Waals surface area (Å²) in [6.45, 7) is 3.97. The number of benzene rings is 2. The molecule has 0 radical (unpaired) electrons. The second kappa shape index (κ2) is 11.9. The number of aromatic nitrogens is 3. The van der Waals surface area contributed by atoms with Gasteiger partial charge in [0, 0.05) is 12.6 Å². The van der Waals surface area contributed by atoms with Crippen molar-refractivity contribution < 1.29 is 19.1 Å². The summed E-state index contributed by atoms with van der Waals surface area (Å²) >= 11 is 7.34. The summed E-state index contributed by atoms with van der Waals surface area (Å²) in [5, 5.41) is 15.0. The fourth-order valence-electron chi connectivity index (χ4n) is 3.25. The van der Waals surface area contributed by atoms with Crippen LogP contribution in [0, 0.1) is 5.92 Å². The number of carbonyl (C=O) groups is 3. The zero-order chi connectivity index (χ0) is 25.5. The van der Waals surface area contributed by atoms with Gasteiger partial charge in [0.2, 0.25) is 5.91 Å². The Balaban J connectivity index is 1.67. The molecule has 11 heteroatoms. The van der Waals surface area contributed by atoms with Gasteiger partial charge in [-0.25, -0.2) is 4.79 Å². The van der Waals surface area contributed by atoms with Crippen molar-refractivity contribution in [2.45, 2.75) is 25.0 Å². The number of ether oxygens (including phenoxy) is 1. The molecule has 2 N–H and O–H groups in total. The van der Waals surface area contributed by atoms with Gasteiger partial charge in [-0.1, -0.05) is 55.4 Å². The first-order chi connectivity index (χ1) is 16.7. The molecule has 0 saturated carbocycles. The van der Waals surface area contributed by atoms with Crippen LogP contribution < -0.4 is 10.6 Å². The predicted octanol–water partition coefficient (Wildman–Crippen LogP) is 4.11. The lowest BCUT2D eigenvalue weighted by atomic mass is 10.0. The second-order valence-electron chi connectivity index (χ2n) is 7.98. The molecular formula is C24H26ClN5O4S. The molecule has 9 nitrogen and oxygen atoms in total. The fourth-order valence-corrected chi connectivity index (χ4v) is 4.13. The lowest BCUT2D eigenvalue weighted by Gasteiger charge is -2.21. The van der Waals surface area contributed by atoms with Crippen molar-refractivity contribution in [1.29, 1.82) is 0 Å². The third-order valence-corrected chi connectivity index (χ3v) is 6.48. The van der Waals surface area contributed by atoms with E-state index in [2.05, 4.69) is 20.8 Å². The van der Waals surface area contributed by atoms with Gasteiger partial charge in [0.15, 0.2) is 11.0 Å². The molecule has 2 aromatic carbocycles. The number of hydrogen-bond donors (Lipinski definition) is 2. The van der Waals surface area contributed by atoms with Gasteiger partial charge < -0.3 is 19.9 Å². The summed E-state index contributed by atoms with van der Waals surface area (Å²) in [6.07, 6.45) is 0. The first kappa shape index (κ1) is 26.2. The smallest absolute Gasteiger partial charge is 0.337 e. The maximum absolute atomic E-state index is 12.7. The molecule has 2 amide bonds. The topological polar surface area (TPSA) is 115 Å². The summed E-state index contributed by atoms with van der Waals surface area (Å²) in [6, 6.07) is 13.1. The van der Waals surface area contributed by atoms with E-state index < -0.39 is 5.97 Å². The molecule has 35 heavy (non-hydrogen) atoms. The van der Waals surface area contributed by atoms with E-state index >= 15 is 0 Å². The minimum Gasteiger partial charge on any atom is -0.465 e. The third-order valence-electron chi connectivity index (χ3n) is 5.13. The number of methoxy groups -OCH3 is 1. The average molecular weight is 516 g/mol. The van der Waals surface area contributed by atoms with Gasteiger partial charge in [-0.2, -0.15) is 0 Å². The van der Waals surface area contributed by atoms with Gasteiger partial charge in [-0.15, -0.1) is 10.2 Å². The van der Waals surface area contributed by atoms with Crippen LogP contribution in [0.4, 0.5) is 5.69 Å². The highest BCUT2D eigenvalue weighted by Gasteiger charge is 2.25. The monoisotopic (exact) mass is 515 g/mol. The molecule has 1 aromatic heterocycles. The van der Waals surface area contributed by atoms with Crippen LogP contribution in [0.3, 0.4) is 0 Å². The molecule has 0 fully saturated rings. The van der Waals surface area contributed by atoms with Crippen LogP contribution in [0.5, 0.6) is 0 Å². The number of halogens is 1. The molecule has 3 aromatic rings. The van der Waals surface area contributed by atoms with Crippen molar-refractivity contribution in [2.75, 3.05) is 18.2 Å². The highest BCUT2D eigenvalue weighted by atomic mass is 35.5. The van der Waals surface area contributed by atoms with Crippen molar-refractivity contribution in [2.24, 2.45) is 13.0 Å². The van der Waals surface area contributed by atoms with Gasteiger partial charge >= 0.3 is 5.97 Å². The van der Waals surface area contributed by atoms with E-state index in [0.717, 1.165) is 0 Å². The summed E-state index contributed by atoms with van der Waals surface area (Å²) in [4.78, 5) is 37.0. The SMILES string of the molecule is COC(=O)c1ccc(Cl)c(NC(=O)CSc2nnc(C(NC(=O)c3ccccc3)C(C)C)n2C)c1. The highest BCUT2D eigenvalue weighted by Crippen LogP contribution is 2.26. The summed E-state index contributed by atoms with van der Waals surface area (Å²) in [7, 11) is 3.06. The summed E-state index contributed by atoms with van der Waals surface area (Å²) in [5.41, 5.74) is 1.14. The molecular weight excluding hydrogens is 490 g/mol. The third kappa shape index (κ3) is 6.61. The Morgan fingerprint density at radius 1 is 1.09 bits per heavy atom. The van der Waals surface area contributed by atoms with E-state index in [1.807, 2.05) is 19.9 Å². The quantitative estimate of drug-likeness (QED) is 0.325. The number of thioether (sulfide) groups is 1. The van der Waals surface area contributed by atoms with Crippen LogP contribution in [0.1, 0.15) is 46.4 Å². The zero-order valence-corrected chi connectivity index (χ0v) is 21.3. The second-order valence-corrected chi connectivity index (χ2v) is 9.33. The number of nitrogens with one attached hydrogen (secondary N) is 2. The Morgan fingerprint density at radius 3 is 2.46 bits per heavy atom. The van der Waals surface area contributed by atoms with Crippen LogP contribution in [-0.2, 0) is 16.6 Å². The average Bonchev–Trinajstić information content (AvgIpc) is 3.22. The van der Waals surface area contributed by atoms with E-state index in [1.54, 1.807) is 35.9 Å². The van der Waals surface area contributed by atoms with Crippen LogP contribution in [0.15, 0.2) is 53.7 Å². The Hall–Kier alpha value is -3.37. The van der Waals surface area contributed by atoms with E-state index in [0.29, 0.717) is 27.3 Å². The number of esters is 1. The van der Waals surface area contributed by atoms with Gasteiger partial charge in [0.1, 0.15) is 0 Å². The maximum Gasteiger partial charge on any atom is 0.337 e. The largest absolute Gasteiger partial charge is 0.465 e. The number of nitrogens with zero attached hydrogens (tertiary/aromatic N) is 3. The van der Waals surface area contributed by atoms with Gasteiger partial charge in [-0.05, 0) is 36.2 Å². The number of hydrogen-bond acceptors (Lipinski definition) is 7. The predicted molar refractivity (Wildman–Crippen MR) is 135 cm³/mol. The van der Waals surface area contributed by atoms with Crippen molar-refractivity contribution in [1.82, 2.24) is 20.1 Å². The van der Waals surface area contributed by atoms with Gasteiger partial charge in [0.25, 0.3) is 5.91 Å². The van der Waals surface area contributed by atoms with Gasteiger partial charge in [0.05, 0.1) is 35.2 Å². The molecule has 0 aliphatic carbocycles. The summed E-state index contributed by atoms with van der Waals surface area (Å²) < 4.78 is 6.46. The molecule has 1 atom stereocenters. The van der Waals surface area contributed by atoms with Crippen molar-refractivity contribution in [3.05, 3.63) is 70.5 Å². The lowest BCUT2D eigenvalue weighted by molar-refractivity contribution is -0.113. The maximum atomic E-state index is 12.7. The Bertz CT molecular complexity index is 1220. The zero-order valence-electron chi connectivity index (χ0n) is 19.7. The minimum atomic E-state index is -0.530. The fraction of sp³-hybridized carbons (Fsp3) is 0.292. The van der Waals surface area contributed by atoms with Crippen LogP contribution >= 0.6 is 23.4 Å². The first-order valence-electron chi connectivity index (χ1n) is 10.8. The Kier molecular flexibility index (Phi) is 8.89. The molecule has 184 valence electrons. The number of amides is 2. The molecule has 0 spiro atoms. The van der Waals surface area contributed by atoms with Crippen LogP contribution in [0.25, 0.3) is 0 Å². The van der Waals surface area contributed by atoms with E-state index in [1.165, 1.54) is 37.1 Å². The highest BCUT2D eigenvalue weighted by molar-refractivity contribution is 7.99. The van der Waals surface area contributed by atoms with Crippen molar-refractivity contribution in [3.8, 4) is 0 Å². The standard InChI is InChI=1S/C24H26ClN5O4S/c1-14(2)20(27-22(32)15-8-6-5-7-9-15)21-28-29-24(30(21)3)35-13-19(31)26-18-12-16(23(33)34-4)10-11-17(18)25/h5-12,14,20H,13H2,1-4H3,(H,26,31)(H,27,32). The number of carbonyl (C=O) groups excluding carboxylic acids is 3. The van der Waals surface area contributed by atoms with E-state index in [4.69, 9.17) is 16.3 Å². The van der Waals surface area contributed by atoms with Crippen molar-refractivity contribution in [3.63, 3.8) is 0 Å². The molecule has 1 heterocycles. The Morgan fingerprint density at radius 2 is 1.80 bits per heavy atom. The molecule has 0 aliphatic heterocycles. The minimum absolute atomic E-state index is 0.0352. The molecule has 0 bridgehead atoms. The normalized spacial score (nSPS) is 11.7. The number of anilines is 1. The van der Waals surface area contributed by atoms with Gasteiger partial charge in [-0.3, -0.25) is 9.59 Å². The van der Waals surface area contributed by atoms with E-state index in [-0.39, 0.29) is 35.1 Å². The molecule has 0 saturated heterocycles. The number of rotatable bonds is 9. The van der Waals surface area contributed by atoms with Crippen LogP contribution in [0.2, 0.25) is 5.02 Å². The molecule has 3 rings (SSSR count). The Labute approximate surface area is 212 Å².